The van der Waals surface area contributed by atoms with E-state index in [2.05, 4.69) is 53.8 Å². The summed E-state index contributed by atoms with van der Waals surface area (Å²) in [6.45, 7) is 15.8. The molecule has 0 rings (SSSR count). The highest BCUT2D eigenvalue weighted by molar-refractivity contribution is 14.0. The molecule has 1 atom stereocenters. The van der Waals surface area contributed by atoms with Crippen molar-refractivity contribution in [3.8, 4) is 0 Å². The number of aliphatic imine (C=N–C) groups is 1. The van der Waals surface area contributed by atoms with Crippen molar-refractivity contribution < 1.29 is 0 Å². The van der Waals surface area contributed by atoms with Crippen LogP contribution in [0.4, 0.5) is 0 Å². The van der Waals surface area contributed by atoms with Gasteiger partial charge >= 0.3 is 0 Å². The standard InChI is InChI=1S/C18H36N4S.HI/c1-7-12-22(13-8-2)17(16(3)4)15-21-18(19-5)20-11-9-10-14-23-6;/h7-8,16-17H,1-2,9-15H2,3-6H3,(H2,19,20,21);1H. The van der Waals surface area contributed by atoms with E-state index in [1.54, 1.807) is 0 Å². The predicted molar refractivity (Wildman–Crippen MR) is 123 cm³/mol. The molecule has 24 heavy (non-hydrogen) atoms. The third-order valence-corrected chi connectivity index (χ3v) is 4.43. The van der Waals surface area contributed by atoms with Crippen molar-refractivity contribution in [3.63, 3.8) is 0 Å². The molecule has 0 aromatic rings. The van der Waals surface area contributed by atoms with Crippen LogP contribution in [0.3, 0.4) is 0 Å². The van der Waals surface area contributed by atoms with Crippen LogP contribution in [-0.2, 0) is 0 Å². The van der Waals surface area contributed by atoms with E-state index in [1.807, 2.05) is 31.0 Å². The monoisotopic (exact) mass is 468 g/mol. The number of hydrogen-bond donors (Lipinski definition) is 2. The summed E-state index contributed by atoms with van der Waals surface area (Å²) >= 11 is 1.90. The molecule has 6 heteroatoms. The zero-order valence-electron chi connectivity index (χ0n) is 15.9. The van der Waals surface area contributed by atoms with Crippen LogP contribution < -0.4 is 10.6 Å². The second kappa shape index (κ2) is 17.6. The highest BCUT2D eigenvalue weighted by Gasteiger charge is 2.20. The molecule has 0 radical (unpaired) electrons. The van der Waals surface area contributed by atoms with Crippen LogP contribution in [0, 0.1) is 5.92 Å². The Morgan fingerprint density at radius 3 is 2.25 bits per heavy atom. The number of nitrogens with zero attached hydrogens (tertiary/aromatic N) is 2. The number of hydrogen-bond acceptors (Lipinski definition) is 3. The molecule has 0 fully saturated rings. The zero-order valence-corrected chi connectivity index (χ0v) is 19.0. The Balaban J connectivity index is 0. The molecule has 0 aliphatic rings. The first-order chi connectivity index (χ1) is 11.1. The van der Waals surface area contributed by atoms with Crippen LogP contribution in [0.5, 0.6) is 0 Å². The summed E-state index contributed by atoms with van der Waals surface area (Å²) in [6, 6.07) is 0.418. The lowest BCUT2D eigenvalue weighted by molar-refractivity contribution is 0.190. The first-order valence-electron chi connectivity index (χ1n) is 8.49. The van der Waals surface area contributed by atoms with Gasteiger partial charge < -0.3 is 10.6 Å². The molecule has 142 valence electrons. The number of nitrogens with one attached hydrogen (secondary N) is 2. The second-order valence-electron chi connectivity index (χ2n) is 5.92. The predicted octanol–water partition coefficient (Wildman–Crippen LogP) is 3.61. The van der Waals surface area contributed by atoms with E-state index < -0.39 is 0 Å². The topological polar surface area (TPSA) is 39.7 Å². The van der Waals surface area contributed by atoms with Gasteiger partial charge in [-0.15, -0.1) is 37.1 Å². The van der Waals surface area contributed by atoms with Crippen LogP contribution in [0.1, 0.15) is 26.7 Å². The molecule has 0 heterocycles. The molecular weight excluding hydrogens is 431 g/mol. The summed E-state index contributed by atoms with van der Waals surface area (Å²) in [5, 5.41) is 6.86. The molecule has 0 bridgehead atoms. The van der Waals surface area contributed by atoms with E-state index in [9.17, 15) is 0 Å². The highest BCUT2D eigenvalue weighted by atomic mass is 127. The van der Waals surface area contributed by atoms with Crippen LogP contribution in [0.15, 0.2) is 30.3 Å². The SMILES string of the molecule is C=CCN(CC=C)C(CNC(=NC)NCCCCSC)C(C)C.I. The van der Waals surface area contributed by atoms with Crippen LogP contribution in [0.2, 0.25) is 0 Å². The van der Waals surface area contributed by atoms with E-state index >= 15 is 0 Å². The van der Waals surface area contributed by atoms with Gasteiger partial charge in [-0.25, -0.2) is 0 Å². The minimum absolute atomic E-state index is 0. The third kappa shape index (κ3) is 12.2. The Morgan fingerprint density at radius 1 is 1.17 bits per heavy atom. The minimum atomic E-state index is 0. The Hall–Kier alpha value is -0.210. The summed E-state index contributed by atoms with van der Waals surface area (Å²) in [5.41, 5.74) is 0. The fraction of sp³-hybridized carbons (Fsp3) is 0.722. The van der Waals surface area contributed by atoms with Gasteiger partial charge in [-0.05, 0) is 30.8 Å². The van der Waals surface area contributed by atoms with Crippen LogP contribution >= 0.6 is 35.7 Å². The Labute approximate surface area is 171 Å². The van der Waals surface area contributed by atoms with Gasteiger partial charge in [0.2, 0.25) is 0 Å². The number of unbranched alkanes of at least 4 members (excludes halogenated alkanes) is 1. The molecule has 0 aromatic carbocycles. The fourth-order valence-electron chi connectivity index (χ4n) is 2.46. The summed E-state index contributed by atoms with van der Waals surface area (Å²) in [4.78, 5) is 6.71. The molecule has 0 amide bonds. The van der Waals surface area contributed by atoms with Gasteiger partial charge in [-0.1, -0.05) is 26.0 Å². The van der Waals surface area contributed by atoms with Gasteiger partial charge in [-0.3, -0.25) is 9.89 Å². The summed E-state index contributed by atoms with van der Waals surface area (Å²) in [6.07, 6.45) is 8.48. The number of rotatable bonds is 13. The quantitative estimate of drug-likeness (QED) is 0.142. The number of thioether (sulfide) groups is 1. The normalized spacial score (nSPS) is 12.7. The average Bonchev–Trinajstić information content (AvgIpc) is 2.53. The van der Waals surface area contributed by atoms with Gasteiger partial charge in [0, 0.05) is 39.3 Å². The Bertz CT molecular complexity index is 338. The molecule has 0 saturated carbocycles. The van der Waals surface area contributed by atoms with Crippen molar-refractivity contribution in [3.05, 3.63) is 25.3 Å². The highest BCUT2D eigenvalue weighted by Crippen LogP contribution is 2.10. The lowest BCUT2D eigenvalue weighted by Gasteiger charge is -2.33. The summed E-state index contributed by atoms with van der Waals surface area (Å²) in [5.74, 6) is 2.65. The molecule has 1 unspecified atom stereocenters. The van der Waals surface area contributed by atoms with Crippen molar-refractivity contribution in [1.29, 1.82) is 0 Å². The van der Waals surface area contributed by atoms with E-state index in [4.69, 9.17) is 0 Å². The smallest absolute Gasteiger partial charge is 0.191 e. The third-order valence-electron chi connectivity index (χ3n) is 3.74. The van der Waals surface area contributed by atoms with Crippen molar-refractivity contribution >= 4 is 41.7 Å². The molecule has 0 saturated heterocycles. The molecule has 4 nitrogen and oxygen atoms in total. The van der Waals surface area contributed by atoms with Gasteiger partial charge in [0.25, 0.3) is 0 Å². The average molecular weight is 468 g/mol. The van der Waals surface area contributed by atoms with Gasteiger partial charge in [0.1, 0.15) is 0 Å². The lowest BCUT2D eigenvalue weighted by Crippen LogP contribution is -2.49. The Kier molecular flexibility index (Phi) is 19.1. The molecular formula is C18H37IN4S. The minimum Gasteiger partial charge on any atom is -0.356 e. The maximum absolute atomic E-state index is 4.32. The maximum atomic E-state index is 4.32. The largest absolute Gasteiger partial charge is 0.356 e. The van der Waals surface area contributed by atoms with Gasteiger partial charge in [0.05, 0.1) is 0 Å². The lowest BCUT2D eigenvalue weighted by atomic mass is 10.0. The molecule has 0 aliphatic carbocycles. The van der Waals surface area contributed by atoms with Crippen LogP contribution in [0.25, 0.3) is 0 Å². The zero-order chi connectivity index (χ0) is 17.5. The number of guanidine groups is 1. The second-order valence-corrected chi connectivity index (χ2v) is 6.91. The summed E-state index contributed by atoms with van der Waals surface area (Å²) in [7, 11) is 1.83. The van der Waals surface area contributed by atoms with Gasteiger partial charge in [0.15, 0.2) is 5.96 Å². The first-order valence-corrected chi connectivity index (χ1v) is 9.89. The summed E-state index contributed by atoms with van der Waals surface area (Å²) < 4.78 is 0. The van der Waals surface area contributed by atoms with E-state index in [-0.39, 0.29) is 24.0 Å². The van der Waals surface area contributed by atoms with Crippen molar-refractivity contribution in [2.45, 2.75) is 32.7 Å². The Morgan fingerprint density at radius 2 is 1.79 bits per heavy atom. The van der Waals surface area contributed by atoms with Crippen LogP contribution in [-0.4, -0.2) is 62.1 Å². The van der Waals surface area contributed by atoms with E-state index in [1.165, 1.54) is 18.6 Å². The first kappa shape index (κ1) is 26.0. The van der Waals surface area contributed by atoms with E-state index in [0.29, 0.717) is 12.0 Å². The number of halogens is 1. The maximum Gasteiger partial charge on any atom is 0.191 e. The molecule has 0 aliphatic heterocycles. The van der Waals surface area contributed by atoms with Crippen molar-refractivity contribution in [2.24, 2.45) is 10.9 Å². The molecule has 0 spiro atoms. The molecule has 0 aromatic heterocycles. The molecule has 2 N–H and O–H groups in total. The van der Waals surface area contributed by atoms with E-state index in [0.717, 1.165) is 32.1 Å². The fourth-order valence-corrected chi connectivity index (χ4v) is 2.96. The van der Waals surface area contributed by atoms with Gasteiger partial charge in [-0.2, -0.15) is 11.8 Å². The van der Waals surface area contributed by atoms with Crippen molar-refractivity contribution in [2.75, 3.05) is 45.2 Å². The van der Waals surface area contributed by atoms with Crippen molar-refractivity contribution in [1.82, 2.24) is 15.5 Å².